The topological polar surface area (TPSA) is 78.9 Å². The standard InChI is InChI=1S/C64H106O6/c1-4-7-10-13-16-19-22-24-26-28-30-31-32-33-34-36-37-39-42-45-48-51-54-57-63(66)69-60-61(59-68-62(65)56-53-50-47-44-41-21-18-15-12-9-6-3)70-64(67)58-55-52-49-46-43-40-38-35-29-27-25-23-20-17-14-11-8-5-2/h7,10,16,19-20,23-24,26-27,29-31,33-34,37,39,45,48,61H,4-6,8-9,11-15,17-18,21-22,25,28,32,35-36,38,40-44,46-47,49-60H2,1-3H3/b10-7-,19-16-,23-20-,26-24-,29-27-,31-30-,34-33-,39-37-,48-45-. The lowest BCUT2D eigenvalue weighted by atomic mass is 10.1. The molecule has 398 valence electrons. The van der Waals surface area contributed by atoms with E-state index >= 15 is 0 Å². The van der Waals surface area contributed by atoms with Crippen LogP contribution in [0.25, 0.3) is 0 Å². The highest BCUT2D eigenvalue weighted by Gasteiger charge is 2.19. The van der Waals surface area contributed by atoms with Crippen molar-refractivity contribution in [1.82, 2.24) is 0 Å². The van der Waals surface area contributed by atoms with Crippen molar-refractivity contribution in [2.45, 2.75) is 264 Å². The number of carbonyl (C=O) groups excluding carboxylic acids is 3. The fourth-order valence-electron chi connectivity index (χ4n) is 7.70. The Kier molecular flexibility index (Phi) is 54.4. The van der Waals surface area contributed by atoms with Gasteiger partial charge in [-0.1, -0.05) is 246 Å². The van der Waals surface area contributed by atoms with E-state index in [-0.39, 0.29) is 37.5 Å². The van der Waals surface area contributed by atoms with Gasteiger partial charge in [0.1, 0.15) is 13.2 Å². The summed E-state index contributed by atoms with van der Waals surface area (Å²) in [5, 5.41) is 0. The minimum atomic E-state index is -0.806. The van der Waals surface area contributed by atoms with Gasteiger partial charge in [0.25, 0.3) is 0 Å². The Labute approximate surface area is 431 Å². The zero-order valence-electron chi connectivity index (χ0n) is 45.5. The molecule has 0 aromatic carbocycles. The quantitative estimate of drug-likeness (QED) is 0.0262. The van der Waals surface area contributed by atoms with E-state index in [1.807, 2.05) is 0 Å². The van der Waals surface area contributed by atoms with Crippen molar-refractivity contribution in [3.63, 3.8) is 0 Å². The molecule has 0 aliphatic rings. The number of hydrogen-bond donors (Lipinski definition) is 0. The maximum atomic E-state index is 12.8. The molecule has 0 aliphatic carbocycles. The Morgan fingerprint density at radius 2 is 0.571 bits per heavy atom. The third-order valence-corrected chi connectivity index (χ3v) is 12.0. The van der Waals surface area contributed by atoms with E-state index in [1.165, 1.54) is 109 Å². The SMILES string of the molecule is CC/C=C\C/C=C\C/C=C\C/C=C\C/C=C\C/C=C\C/C=C\CCCC(=O)OCC(COC(=O)CCCCCCCCCCCCC)OC(=O)CCCCCCCCC/C=C\C/C=C\CCCCCC. The largest absolute Gasteiger partial charge is 0.462 e. The van der Waals surface area contributed by atoms with Crippen LogP contribution in [0.2, 0.25) is 0 Å². The molecule has 0 bridgehead atoms. The van der Waals surface area contributed by atoms with Gasteiger partial charge in [0.15, 0.2) is 6.10 Å². The predicted octanol–water partition coefficient (Wildman–Crippen LogP) is 19.5. The number of ether oxygens (including phenoxy) is 3. The number of esters is 3. The smallest absolute Gasteiger partial charge is 0.306 e. The number of unbranched alkanes of at least 4 members (excludes halogenated alkanes) is 22. The summed E-state index contributed by atoms with van der Waals surface area (Å²) in [6, 6.07) is 0. The van der Waals surface area contributed by atoms with Gasteiger partial charge in [0.05, 0.1) is 0 Å². The second-order valence-corrected chi connectivity index (χ2v) is 18.8. The van der Waals surface area contributed by atoms with Crippen molar-refractivity contribution in [2.75, 3.05) is 13.2 Å². The molecule has 6 nitrogen and oxygen atoms in total. The first kappa shape index (κ1) is 66.1. The summed E-state index contributed by atoms with van der Waals surface area (Å²) in [5.74, 6) is -0.969. The average Bonchev–Trinajstić information content (AvgIpc) is 3.36. The molecule has 70 heavy (non-hydrogen) atoms. The molecule has 0 saturated carbocycles. The summed E-state index contributed by atoms with van der Waals surface area (Å²) in [7, 11) is 0. The van der Waals surface area contributed by atoms with Crippen LogP contribution in [0, 0.1) is 0 Å². The molecule has 0 heterocycles. The third kappa shape index (κ3) is 55.0. The summed E-state index contributed by atoms with van der Waals surface area (Å²) in [5.41, 5.74) is 0. The van der Waals surface area contributed by atoms with E-state index in [1.54, 1.807) is 0 Å². The first-order valence-corrected chi connectivity index (χ1v) is 28.9. The molecule has 1 unspecified atom stereocenters. The van der Waals surface area contributed by atoms with Gasteiger partial charge in [0, 0.05) is 19.3 Å². The van der Waals surface area contributed by atoms with Crippen LogP contribution >= 0.6 is 0 Å². The van der Waals surface area contributed by atoms with E-state index in [9.17, 15) is 14.4 Å². The molecule has 0 rings (SSSR count). The van der Waals surface area contributed by atoms with Crippen molar-refractivity contribution >= 4 is 17.9 Å². The van der Waals surface area contributed by atoms with Gasteiger partial charge in [-0.2, -0.15) is 0 Å². The van der Waals surface area contributed by atoms with Crippen molar-refractivity contribution in [2.24, 2.45) is 0 Å². The van der Waals surface area contributed by atoms with Crippen molar-refractivity contribution in [1.29, 1.82) is 0 Å². The van der Waals surface area contributed by atoms with Crippen molar-refractivity contribution < 1.29 is 28.6 Å². The maximum absolute atomic E-state index is 12.8. The highest BCUT2D eigenvalue weighted by Crippen LogP contribution is 2.14. The van der Waals surface area contributed by atoms with E-state index in [2.05, 4.69) is 130 Å². The van der Waals surface area contributed by atoms with Crippen LogP contribution in [-0.2, 0) is 28.6 Å². The molecular formula is C64H106O6. The van der Waals surface area contributed by atoms with Crippen LogP contribution in [0.5, 0.6) is 0 Å². The molecule has 0 saturated heterocycles. The van der Waals surface area contributed by atoms with Crippen LogP contribution in [-0.4, -0.2) is 37.2 Å². The first-order valence-electron chi connectivity index (χ1n) is 28.9. The van der Waals surface area contributed by atoms with E-state index in [0.717, 1.165) is 103 Å². The Morgan fingerprint density at radius 1 is 0.300 bits per heavy atom. The molecule has 0 fully saturated rings. The zero-order valence-corrected chi connectivity index (χ0v) is 45.5. The van der Waals surface area contributed by atoms with Crippen LogP contribution in [0.1, 0.15) is 258 Å². The van der Waals surface area contributed by atoms with Crippen LogP contribution in [0.4, 0.5) is 0 Å². The second kappa shape index (κ2) is 57.6. The summed E-state index contributed by atoms with van der Waals surface area (Å²) in [6.45, 7) is 6.45. The molecular weight excluding hydrogens is 865 g/mol. The van der Waals surface area contributed by atoms with E-state index < -0.39 is 6.10 Å². The summed E-state index contributed by atoms with van der Waals surface area (Å²) in [4.78, 5) is 38.1. The number of rotatable bonds is 51. The average molecular weight is 972 g/mol. The molecule has 0 spiro atoms. The molecule has 6 heteroatoms. The summed E-state index contributed by atoms with van der Waals surface area (Å²) < 4.78 is 16.8. The van der Waals surface area contributed by atoms with Gasteiger partial charge in [-0.3, -0.25) is 14.4 Å². The Balaban J connectivity index is 4.46. The summed E-state index contributed by atoms with van der Waals surface area (Å²) in [6.07, 6.45) is 78.0. The predicted molar refractivity (Wildman–Crippen MR) is 302 cm³/mol. The highest BCUT2D eigenvalue weighted by molar-refractivity contribution is 5.71. The second-order valence-electron chi connectivity index (χ2n) is 18.8. The number of carbonyl (C=O) groups is 3. The minimum absolute atomic E-state index is 0.0990. The Bertz CT molecular complexity index is 1440. The molecule has 0 amide bonds. The number of allylic oxidation sites excluding steroid dienone is 18. The number of hydrogen-bond acceptors (Lipinski definition) is 6. The lowest BCUT2D eigenvalue weighted by molar-refractivity contribution is -0.167. The van der Waals surface area contributed by atoms with Crippen LogP contribution in [0.3, 0.4) is 0 Å². The van der Waals surface area contributed by atoms with Gasteiger partial charge in [0.2, 0.25) is 0 Å². The van der Waals surface area contributed by atoms with Gasteiger partial charge >= 0.3 is 17.9 Å². The third-order valence-electron chi connectivity index (χ3n) is 12.0. The molecule has 0 N–H and O–H groups in total. The zero-order chi connectivity index (χ0) is 50.7. The van der Waals surface area contributed by atoms with Crippen molar-refractivity contribution in [3.8, 4) is 0 Å². The molecule has 0 aromatic rings. The van der Waals surface area contributed by atoms with Crippen LogP contribution in [0.15, 0.2) is 109 Å². The Morgan fingerprint density at radius 3 is 0.943 bits per heavy atom. The molecule has 1 atom stereocenters. The molecule has 0 aliphatic heterocycles. The normalized spacial score (nSPS) is 12.9. The molecule has 0 radical (unpaired) electrons. The Hall–Kier alpha value is -3.93. The summed E-state index contributed by atoms with van der Waals surface area (Å²) >= 11 is 0. The van der Waals surface area contributed by atoms with Gasteiger partial charge in [-0.25, -0.2) is 0 Å². The molecule has 0 aromatic heterocycles. The van der Waals surface area contributed by atoms with Gasteiger partial charge in [-0.05, 0) is 103 Å². The van der Waals surface area contributed by atoms with E-state index in [0.29, 0.717) is 19.3 Å². The first-order chi connectivity index (χ1) is 34.5. The van der Waals surface area contributed by atoms with Crippen molar-refractivity contribution in [3.05, 3.63) is 109 Å². The lowest BCUT2D eigenvalue weighted by Crippen LogP contribution is -2.30. The monoisotopic (exact) mass is 971 g/mol. The minimum Gasteiger partial charge on any atom is -0.462 e. The van der Waals surface area contributed by atoms with Gasteiger partial charge in [-0.15, -0.1) is 0 Å². The maximum Gasteiger partial charge on any atom is 0.306 e. The van der Waals surface area contributed by atoms with E-state index in [4.69, 9.17) is 14.2 Å². The fourth-order valence-corrected chi connectivity index (χ4v) is 7.70. The van der Waals surface area contributed by atoms with Crippen LogP contribution < -0.4 is 0 Å². The lowest BCUT2D eigenvalue weighted by Gasteiger charge is -2.18. The highest BCUT2D eigenvalue weighted by atomic mass is 16.6. The fraction of sp³-hybridized carbons (Fsp3) is 0.672. The van der Waals surface area contributed by atoms with Gasteiger partial charge < -0.3 is 14.2 Å².